The van der Waals surface area contributed by atoms with Gasteiger partial charge in [0.05, 0.1) is 0 Å². The molecule has 67 heavy (non-hydrogen) atoms. The molecule has 0 aromatic rings. The third kappa shape index (κ3) is 52.6. The van der Waals surface area contributed by atoms with Crippen LogP contribution >= 0.6 is 0 Å². The van der Waals surface area contributed by atoms with Crippen LogP contribution in [0.25, 0.3) is 0 Å². The van der Waals surface area contributed by atoms with E-state index in [-0.39, 0.29) is 31.6 Å². The Bertz CT molecular complexity index is 1440. The van der Waals surface area contributed by atoms with Crippen LogP contribution in [0.1, 0.15) is 226 Å². The van der Waals surface area contributed by atoms with Crippen molar-refractivity contribution in [3.05, 3.63) is 122 Å². The zero-order chi connectivity index (χ0) is 48.6. The van der Waals surface area contributed by atoms with Gasteiger partial charge in [-0.25, -0.2) is 0 Å². The highest BCUT2D eigenvalue weighted by Crippen LogP contribution is 2.14. The number of unbranched alkanes of at least 4 members (excludes halogenated alkanes) is 16. The SMILES string of the molecule is CC/C=C\C/C=C\C/C=C\C/C=C\C/C=C\C/C=C\CCCCCCCCCCCCC(=O)OCC(COC(=O)CCCCCCCCC)OC(=O)CC/C=C\C/C=C\C/C=C\C/C=C\CC. The van der Waals surface area contributed by atoms with Crippen LogP contribution in [-0.2, 0) is 28.6 Å². The normalized spacial score (nSPS) is 13.1. The molecule has 0 amide bonds. The Hall–Kier alpha value is -4.19. The molecule has 6 heteroatoms. The average molecular weight is 927 g/mol. The van der Waals surface area contributed by atoms with E-state index >= 15 is 0 Å². The Morgan fingerprint density at radius 3 is 0.970 bits per heavy atom. The summed E-state index contributed by atoms with van der Waals surface area (Å²) >= 11 is 0. The zero-order valence-corrected chi connectivity index (χ0v) is 43.1. The quantitative estimate of drug-likeness (QED) is 0.0262. The molecule has 0 spiro atoms. The van der Waals surface area contributed by atoms with Crippen LogP contribution in [0, 0.1) is 0 Å². The van der Waals surface area contributed by atoms with Crippen molar-refractivity contribution in [3.63, 3.8) is 0 Å². The fourth-order valence-electron chi connectivity index (χ4n) is 6.99. The molecule has 6 nitrogen and oxygen atoms in total. The van der Waals surface area contributed by atoms with E-state index < -0.39 is 12.1 Å². The summed E-state index contributed by atoms with van der Waals surface area (Å²) in [5.41, 5.74) is 0. The molecule has 0 aliphatic rings. The standard InChI is InChI=1S/C61H98O6/c1-4-7-10-13-16-18-20-22-23-24-25-26-27-28-29-30-31-32-33-34-35-36-37-39-40-42-45-48-51-54-60(63)66-57-58(56-65-59(62)53-50-47-44-15-12-9-6-3)67-61(64)55-52-49-46-43-41-38-21-19-17-14-11-8-5-2/h7-8,10-11,16-19,22-23,25-26,28-29,31-32,38,41,46,49,58H,4-6,9,12-15,20-21,24,27,30,33-37,39-40,42-45,47-48,50-57H2,1-3H3/b10-7-,11-8-,18-16-,19-17-,23-22-,26-25-,29-28-,32-31-,41-38-,49-46-. The van der Waals surface area contributed by atoms with Gasteiger partial charge in [-0.15, -0.1) is 0 Å². The van der Waals surface area contributed by atoms with Gasteiger partial charge in [0.1, 0.15) is 13.2 Å². The molecule has 0 rings (SSSR count). The van der Waals surface area contributed by atoms with E-state index in [1.807, 2.05) is 12.2 Å². The molecular weight excluding hydrogens is 829 g/mol. The van der Waals surface area contributed by atoms with E-state index in [9.17, 15) is 14.4 Å². The van der Waals surface area contributed by atoms with E-state index in [1.165, 1.54) is 77.0 Å². The minimum absolute atomic E-state index is 0.109. The third-order valence-corrected chi connectivity index (χ3v) is 11.0. The summed E-state index contributed by atoms with van der Waals surface area (Å²) in [7, 11) is 0. The molecule has 0 aromatic heterocycles. The summed E-state index contributed by atoms with van der Waals surface area (Å²) in [4.78, 5) is 37.8. The molecule has 0 fully saturated rings. The fraction of sp³-hybridized carbons (Fsp3) is 0.623. The number of hydrogen-bond donors (Lipinski definition) is 0. The highest BCUT2D eigenvalue weighted by atomic mass is 16.6. The second-order valence-electron chi connectivity index (χ2n) is 17.4. The van der Waals surface area contributed by atoms with Crippen LogP contribution in [0.5, 0.6) is 0 Å². The molecule has 1 unspecified atom stereocenters. The molecule has 378 valence electrons. The van der Waals surface area contributed by atoms with E-state index in [4.69, 9.17) is 14.2 Å². The lowest BCUT2D eigenvalue weighted by molar-refractivity contribution is -0.166. The molecule has 0 aromatic carbocycles. The Kier molecular flexibility index (Phi) is 51.0. The van der Waals surface area contributed by atoms with Crippen molar-refractivity contribution in [1.82, 2.24) is 0 Å². The van der Waals surface area contributed by atoms with Crippen molar-refractivity contribution in [2.75, 3.05) is 13.2 Å². The van der Waals surface area contributed by atoms with Crippen LogP contribution in [0.15, 0.2) is 122 Å². The van der Waals surface area contributed by atoms with Crippen molar-refractivity contribution in [2.24, 2.45) is 0 Å². The minimum Gasteiger partial charge on any atom is -0.462 e. The number of carbonyl (C=O) groups excluding carboxylic acids is 3. The van der Waals surface area contributed by atoms with Crippen molar-refractivity contribution in [2.45, 2.75) is 232 Å². The molecule has 0 saturated heterocycles. The molecule has 1 atom stereocenters. The predicted octanol–water partition coefficient (Wildman–Crippen LogP) is 18.1. The minimum atomic E-state index is -0.816. The molecule has 0 saturated carbocycles. The molecule has 0 radical (unpaired) electrons. The van der Waals surface area contributed by atoms with Crippen LogP contribution in [0.3, 0.4) is 0 Å². The number of rotatable bonds is 47. The van der Waals surface area contributed by atoms with Crippen molar-refractivity contribution >= 4 is 17.9 Å². The highest BCUT2D eigenvalue weighted by Gasteiger charge is 2.19. The molecule has 0 aliphatic carbocycles. The monoisotopic (exact) mass is 927 g/mol. The lowest BCUT2D eigenvalue weighted by Gasteiger charge is -2.18. The van der Waals surface area contributed by atoms with Crippen molar-refractivity contribution in [3.8, 4) is 0 Å². The first-order valence-corrected chi connectivity index (χ1v) is 27.0. The van der Waals surface area contributed by atoms with Crippen molar-refractivity contribution < 1.29 is 28.6 Å². The maximum absolute atomic E-state index is 12.7. The van der Waals surface area contributed by atoms with E-state index in [2.05, 4.69) is 130 Å². The van der Waals surface area contributed by atoms with Crippen LogP contribution in [-0.4, -0.2) is 37.2 Å². The number of allylic oxidation sites excluding steroid dienone is 20. The van der Waals surface area contributed by atoms with Gasteiger partial charge in [0.2, 0.25) is 0 Å². The molecule has 0 heterocycles. The molecule has 0 aliphatic heterocycles. The largest absolute Gasteiger partial charge is 0.462 e. The summed E-state index contributed by atoms with van der Waals surface area (Å²) in [6.07, 6.45) is 75.2. The summed E-state index contributed by atoms with van der Waals surface area (Å²) in [5, 5.41) is 0. The predicted molar refractivity (Wildman–Crippen MR) is 288 cm³/mol. The van der Waals surface area contributed by atoms with Gasteiger partial charge in [-0.1, -0.05) is 232 Å². The summed E-state index contributed by atoms with van der Waals surface area (Å²) in [5.74, 6) is -1.01. The fourth-order valence-corrected chi connectivity index (χ4v) is 6.99. The van der Waals surface area contributed by atoms with Crippen molar-refractivity contribution in [1.29, 1.82) is 0 Å². The Morgan fingerprint density at radius 1 is 0.313 bits per heavy atom. The van der Waals surface area contributed by atoms with Gasteiger partial charge in [-0.05, 0) is 96.3 Å². The van der Waals surface area contributed by atoms with E-state index in [0.29, 0.717) is 19.3 Å². The average Bonchev–Trinajstić information content (AvgIpc) is 3.33. The Labute approximate surface area is 412 Å². The van der Waals surface area contributed by atoms with Gasteiger partial charge in [0, 0.05) is 19.3 Å². The second-order valence-corrected chi connectivity index (χ2v) is 17.4. The van der Waals surface area contributed by atoms with Gasteiger partial charge in [-0.2, -0.15) is 0 Å². The first-order valence-electron chi connectivity index (χ1n) is 27.0. The van der Waals surface area contributed by atoms with E-state index in [0.717, 1.165) is 103 Å². The Balaban J connectivity index is 4.19. The number of carbonyl (C=O) groups is 3. The first kappa shape index (κ1) is 62.8. The van der Waals surface area contributed by atoms with E-state index in [1.54, 1.807) is 0 Å². The summed E-state index contributed by atoms with van der Waals surface area (Å²) in [6, 6.07) is 0. The highest BCUT2D eigenvalue weighted by molar-refractivity contribution is 5.71. The topological polar surface area (TPSA) is 78.9 Å². The van der Waals surface area contributed by atoms with Gasteiger partial charge in [0.25, 0.3) is 0 Å². The number of ether oxygens (including phenoxy) is 3. The molecular formula is C61H98O6. The maximum Gasteiger partial charge on any atom is 0.306 e. The Morgan fingerprint density at radius 2 is 0.612 bits per heavy atom. The first-order chi connectivity index (χ1) is 33.0. The lowest BCUT2D eigenvalue weighted by Crippen LogP contribution is -2.30. The number of hydrogen-bond acceptors (Lipinski definition) is 6. The molecule has 0 N–H and O–H groups in total. The number of esters is 3. The zero-order valence-electron chi connectivity index (χ0n) is 43.1. The van der Waals surface area contributed by atoms with Gasteiger partial charge >= 0.3 is 17.9 Å². The van der Waals surface area contributed by atoms with Gasteiger partial charge in [-0.3, -0.25) is 14.4 Å². The summed E-state index contributed by atoms with van der Waals surface area (Å²) in [6.45, 7) is 6.28. The lowest BCUT2D eigenvalue weighted by atomic mass is 10.1. The van der Waals surface area contributed by atoms with Crippen LogP contribution in [0.4, 0.5) is 0 Å². The maximum atomic E-state index is 12.7. The smallest absolute Gasteiger partial charge is 0.306 e. The van der Waals surface area contributed by atoms with Crippen LogP contribution < -0.4 is 0 Å². The summed E-state index contributed by atoms with van der Waals surface area (Å²) < 4.78 is 16.6. The van der Waals surface area contributed by atoms with Gasteiger partial charge in [0.15, 0.2) is 6.10 Å². The second kappa shape index (κ2) is 54.4. The third-order valence-electron chi connectivity index (χ3n) is 11.0. The van der Waals surface area contributed by atoms with Gasteiger partial charge < -0.3 is 14.2 Å². The molecule has 0 bridgehead atoms. The van der Waals surface area contributed by atoms with Crippen LogP contribution in [0.2, 0.25) is 0 Å².